The fraction of sp³-hybridized carbons (Fsp3) is 0.210. The second kappa shape index (κ2) is 19.6. The van der Waals surface area contributed by atoms with Crippen molar-refractivity contribution >= 4 is 68.0 Å². The van der Waals surface area contributed by atoms with E-state index in [-0.39, 0.29) is 31.9 Å². The van der Waals surface area contributed by atoms with E-state index in [1.165, 1.54) is 43.8 Å². The maximum absolute atomic E-state index is 9.55. The van der Waals surface area contributed by atoms with Gasteiger partial charge in [-0.2, -0.15) is 5.26 Å². The summed E-state index contributed by atoms with van der Waals surface area (Å²) in [6, 6.07) is 55.6. The van der Waals surface area contributed by atoms with Gasteiger partial charge in [-0.1, -0.05) is 127 Å². The quantitative estimate of drug-likeness (QED) is 0.111. The fourth-order valence-corrected chi connectivity index (χ4v) is 10.5. The van der Waals surface area contributed by atoms with Gasteiger partial charge in [-0.15, -0.1) is 53.6 Å². The van der Waals surface area contributed by atoms with E-state index in [1.807, 2.05) is 31.3 Å². The van der Waals surface area contributed by atoms with Crippen LogP contribution in [0.2, 0.25) is 19.6 Å². The summed E-state index contributed by atoms with van der Waals surface area (Å²) in [7, 11) is -1.25. The molecule has 0 spiro atoms. The van der Waals surface area contributed by atoms with Gasteiger partial charge in [-0.3, -0.25) is 9.97 Å². The van der Waals surface area contributed by atoms with Gasteiger partial charge < -0.3 is 14.0 Å². The van der Waals surface area contributed by atoms with Gasteiger partial charge in [0, 0.05) is 48.5 Å². The van der Waals surface area contributed by atoms with Crippen LogP contribution in [0.1, 0.15) is 87.4 Å². The van der Waals surface area contributed by atoms with E-state index >= 15 is 0 Å². The van der Waals surface area contributed by atoms with Crippen LogP contribution in [-0.2, 0) is 20.1 Å². The predicted octanol–water partition coefficient (Wildman–Crippen LogP) is 15.8. The Balaban J connectivity index is 0.000000263. The zero-order valence-corrected chi connectivity index (χ0v) is 45.3. The van der Waals surface area contributed by atoms with E-state index in [1.54, 1.807) is 6.07 Å². The molecule has 5 aromatic heterocycles. The number of furan rings is 1. The maximum Gasteiger partial charge on any atom is 0.217 e. The summed E-state index contributed by atoms with van der Waals surface area (Å²) in [5, 5.41) is 16.2. The number of hydrogen-bond acceptors (Lipinski definition) is 6. The zero-order chi connectivity index (χ0) is 49.0. The molecule has 0 N–H and O–H groups in total. The summed E-state index contributed by atoms with van der Waals surface area (Å²) in [6.45, 7) is 22.5. The second-order valence-electron chi connectivity index (χ2n) is 20.3. The average Bonchev–Trinajstić information content (AvgIpc) is 3.94. The number of aryl methyl sites for hydroxylation is 1. The van der Waals surface area contributed by atoms with E-state index in [0.29, 0.717) is 22.9 Å². The van der Waals surface area contributed by atoms with Crippen LogP contribution in [0.15, 0.2) is 144 Å². The number of hydrogen-bond donors (Lipinski definition) is 0. The van der Waals surface area contributed by atoms with E-state index in [9.17, 15) is 5.26 Å². The Morgan fingerprint density at radius 1 is 0.662 bits per heavy atom. The first-order valence-corrected chi connectivity index (χ1v) is 27.8. The Bertz CT molecular complexity index is 3790. The second-order valence-corrected chi connectivity index (χ2v) is 25.4. The predicted molar refractivity (Wildman–Crippen MR) is 292 cm³/mol. The minimum atomic E-state index is -1.25. The molecule has 7 nitrogen and oxygen atoms in total. The average molecular weight is 1120 g/mol. The molecule has 71 heavy (non-hydrogen) atoms. The molecule has 0 amide bonds. The molecule has 5 heterocycles. The van der Waals surface area contributed by atoms with Crippen LogP contribution in [-0.4, -0.2) is 32.6 Å². The van der Waals surface area contributed by atoms with Crippen molar-refractivity contribution in [3.05, 3.63) is 180 Å². The summed E-state index contributed by atoms with van der Waals surface area (Å²) < 4.78 is 8.81. The number of imidazole rings is 1. The van der Waals surface area contributed by atoms with Crippen LogP contribution >= 0.6 is 0 Å². The normalized spacial score (nSPS) is 11.8. The van der Waals surface area contributed by atoms with Crippen molar-refractivity contribution in [3.63, 3.8) is 0 Å². The molecule has 0 atom stereocenters. The SMILES string of the molecule is CC(C)c1c[c-]c(-c2ccc([Si](C)(C)C)cn2)cc1.Cc1ccc2c(ccc3nc(-c4[c-]ccc5c4oc4nc(C#N)ccc45)n(-c4c(C(C)C)cc(-c5ccc6ccccc6c5)cc4C(C)C)c32)n1.[Ir]. The molecule has 6 aromatic carbocycles. The first-order valence-electron chi connectivity index (χ1n) is 24.3. The van der Waals surface area contributed by atoms with Crippen molar-refractivity contribution < 1.29 is 24.5 Å². The molecule has 9 heteroatoms. The van der Waals surface area contributed by atoms with Crippen molar-refractivity contribution in [3.8, 4) is 45.5 Å². The van der Waals surface area contributed by atoms with Gasteiger partial charge in [0.25, 0.3) is 0 Å². The van der Waals surface area contributed by atoms with Gasteiger partial charge in [0.15, 0.2) is 0 Å². The number of nitriles is 1. The van der Waals surface area contributed by atoms with E-state index in [2.05, 4.69) is 203 Å². The van der Waals surface area contributed by atoms with Gasteiger partial charge in [0.1, 0.15) is 11.8 Å². The molecule has 0 saturated carbocycles. The van der Waals surface area contributed by atoms with Crippen LogP contribution in [0.25, 0.3) is 94.2 Å². The Morgan fingerprint density at radius 3 is 2.06 bits per heavy atom. The third-order valence-corrected chi connectivity index (χ3v) is 15.4. The Hall–Kier alpha value is -7.08. The summed E-state index contributed by atoms with van der Waals surface area (Å²) >= 11 is 0. The molecule has 355 valence electrons. The standard InChI is InChI=1S/C45H34N5O.C17H22NSi.Ir/c1-25(2)37-22-31(30-15-14-28-9-6-7-10-29(28)21-30)23-38(26(3)4)41(37)50-42-35-17-13-27(5)47-39(35)19-20-40(42)49-44(50)36-12-8-11-33-34-18-16-32(24-46)48-45(34)51-43(33)36;1-13(2)14-6-8-15(9-7-14)17-11-10-16(12-18-17)19(3,4)5;/h6-11,13-23,25-26H,1-5H3;6-8,10-13H,1-5H3;/q2*-1;. The monoisotopic (exact) mass is 1120 g/mol. The smallest absolute Gasteiger partial charge is 0.217 e. The van der Waals surface area contributed by atoms with Crippen LogP contribution < -0.4 is 5.19 Å². The van der Waals surface area contributed by atoms with Gasteiger partial charge in [0.05, 0.1) is 36.0 Å². The minimum absolute atomic E-state index is 0. The Labute approximate surface area is 431 Å². The molecule has 11 rings (SSSR count). The molecule has 0 fully saturated rings. The molecule has 0 aliphatic heterocycles. The third-order valence-electron chi connectivity index (χ3n) is 13.4. The molecule has 11 aromatic rings. The zero-order valence-electron chi connectivity index (χ0n) is 41.9. The van der Waals surface area contributed by atoms with Gasteiger partial charge in [-0.25, -0.2) is 4.98 Å². The number of rotatable bonds is 8. The van der Waals surface area contributed by atoms with Crippen LogP contribution in [0.4, 0.5) is 0 Å². The first kappa shape index (κ1) is 48.9. The van der Waals surface area contributed by atoms with E-state index < -0.39 is 8.07 Å². The maximum atomic E-state index is 9.55. The van der Waals surface area contributed by atoms with Crippen molar-refractivity contribution in [1.82, 2.24) is 24.5 Å². The molecule has 0 bridgehead atoms. The summed E-state index contributed by atoms with van der Waals surface area (Å²) in [5.41, 5.74) is 15.2. The van der Waals surface area contributed by atoms with E-state index in [4.69, 9.17) is 14.4 Å². The number of nitrogens with zero attached hydrogens (tertiary/aromatic N) is 6. The van der Waals surface area contributed by atoms with Gasteiger partial charge in [-0.05, 0) is 117 Å². The van der Waals surface area contributed by atoms with Gasteiger partial charge >= 0.3 is 0 Å². The first-order chi connectivity index (χ1) is 33.7. The molecular weight excluding hydrogens is 1070 g/mol. The molecule has 0 aliphatic rings. The molecule has 0 saturated heterocycles. The van der Waals surface area contributed by atoms with Gasteiger partial charge in [0.2, 0.25) is 5.71 Å². The fourth-order valence-electron chi connectivity index (χ4n) is 9.42. The topological polar surface area (TPSA) is 93.4 Å². The third kappa shape index (κ3) is 9.36. The minimum Gasteiger partial charge on any atom is -0.486 e. The van der Waals surface area contributed by atoms with Crippen LogP contribution in [0.5, 0.6) is 0 Å². The Kier molecular flexibility index (Phi) is 13.5. The molecule has 0 aliphatic carbocycles. The van der Waals surface area contributed by atoms with Crippen molar-refractivity contribution in [1.29, 1.82) is 5.26 Å². The number of pyridine rings is 3. The summed E-state index contributed by atoms with van der Waals surface area (Å²) in [6.07, 6.45) is 2.03. The molecule has 0 unspecified atom stereocenters. The van der Waals surface area contributed by atoms with Crippen molar-refractivity contribution in [2.75, 3.05) is 0 Å². The van der Waals surface area contributed by atoms with Crippen LogP contribution in [0, 0.1) is 30.4 Å². The van der Waals surface area contributed by atoms with Crippen molar-refractivity contribution in [2.24, 2.45) is 0 Å². The Morgan fingerprint density at radius 2 is 1.39 bits per heavy atom. The van der Waals surface area contributed by atoms with Crippen LogP contribution in [0.3, 0.4) is 0 Å². The summed E-state index contributed by atoms with van der Waals surface area (Å²) in [5.74, 6) is 1.66. The van der Waals surface area contributed by atoms with Crippen molar-refractivity contribution in [2.45, 2.75) is 85.9 Å². The number of fused-ring (bicyclic) bond motifs is 7. The molecule has 1 radical (unpaired) electrons. The largest absolute Gasteiger partial charge is 0.486 e. The van der Waals surface area contributed by atoms with E-state index in [0.717, 1.165) is 66.7 Å². The number of benzene rings is 6. The number of aromatic nitrogens is 5. The molecular formula is C62H56IrN6OSi-2. The summed E-state index contributed by atoms with van der Waals surface area (Å²) in [4.78, 5) is 19.4.